The van der Waals surface area contributed by atoms with Crippen molar-refractivity contribution in [3.63, 3.8) is 0 Å². The Bertz CT molecular complexity index is 283. The maximum absolute atomic E-state index is 8.93. The van der Waals surface area contributed by atoms with Gasteiger partial charge >= 0.3 is 77.3 Å². The van der Waals surface area contributed by atoms with E-state index in [0.717, 1.165) is 0 Å². The third-order valence-electron chi connectivity index (χ3n) is 0.500. The first kappa shape index (κ1) is 31.7. The average Bonchev–Trinajstić information content (AvgIpc) is 2.18. The largest absolute Gasteiger partial charge is 3.00 e. The van der Waals surface area contributed by atoms with E-state index in [-0.39, 0.29) is 77.3 Å². The summed E-state index contributed by atoms with van der Waals surface area (Å²) in [5.41, 5.74) is 0. The molecule has 103 valence electrons. The van der Waals surface area contributed by atoms with Crippen molar-refractivity contribution in [2.24, 2.45) is 0 Å². The van der Waals surface area contributed by atoms with Crippen LogP contribution in [0, 0.1) is 77.3 Å². The summed E-state index contributed by atoms with van der Waals surface area (Å²) < 4.78 is 0. The molecule has 0 heterocycles. The molecule has 12 nitrogen and oxygen atoms in total. The van der Waals surface area contributed by atoms with Crippen LogP contribution in [0.15, 0.2) is 0 Å². The van der Waals surface area contributed by atoms with E-state index in [1.165, 1.54) is 0 Å². The van der Waals surface area contributed by atoms with Crippen LogP contribution in [0.3, 0.4) is 0 Å². The fourth-order valence-electron chi connectivity index (χ4n) is 0. The van der Waals surface area contributed by atoms with E-state index >= 15 is 0 Å². The summed E-state index contributed by atoms with van der Waals surface area (Å²) in [6.07, 6.45) is 0. The molecule has 0 amide bonds. The van der Waals surface area contributed by atoms with E-state index in [9.17, 15) is 0 Å². The van der Waals surface area contributed by atoms with Crippen LogP contribution >= 0.6 is 0 Å². The molecule has 0 atom stereocenters. The Morgan fingerprint density at radius 2 is 0.450 bits per heavy atom. The molecule has 14 heteroatoms. The number of aliphatic carboxylic acids is 6. The first-order valence-corrected chi connectivity index (χ1v) is 3.20. The normalized spacial score (nSPS) is 6.60. The summed E-state index contributed by atoms with van der Waals surface area (Å²) >= 11 is 0. The van der Waals surface area contributed by atoms with Crippen molar-refractivity contribution in [1.29, 1.82) is 0 Å². The summed E-state index contributed by atoms with van der Waals surface area (Å²) in [5.74, 6) is -13.1. The number of carbonyl (C=O) groups is 6. The van der Waals surface area contributed by atoms with Crippen LogP contribution in [-0.4, -0.2) is 35.8 Å². The van der Waals surface area contributed by atoms with Gasteiger partial charge in [-0.05, 0) is 0 Å². The molecule has 0 rings (SSSR count). The summed E-state index contributed by atoms with van der Waals surface area (Å²) in [7, 11) is 0. The van der Waals surface area contributed by atoms with Crippen LogP contribution < -0.4 is 30.6 Å². The van der Waals surface area contributed by atoms with Crippen molar-refractivity contribution in [1.82, 2.24) is 0 Å². The van der Waals surface area contributed by atoms with E-state index in [0.29, 0.717) is 0 Å². The molecular formula is C6CeLaO12. The van der Waals surface area contributed by atoms with E-state index < -0.39 is 35.8 Å². The second kappa shape index (κ2) is 18.4. The van der Waals surface area contributed by atoms with Gasteiger partial charge in [0.2, 0.25) is 0 Å². The van der Waals surface area contributed by atoms with Crippen LogP contribution in [0.25, 0.3) is 0 Å². The first-order chi connectivity index (χ1) is 7.93. The minimum Gasteiger partial charge on any atom is -0.543 e. The van der Waals surface area contributed by atoms with E-state index in [1.54, 1.807) is 0 Å². The molecule has 0 unspecified atom stereocenters. The molecule has 0 bridgehead atoms. The molecule has 20 heavy (non-hydrogen) atoms. The molecule has 0 fully saturated rings. The van der Waals surface area contributed by atoms with Crippen molar-refractivity contribution in [2.45, 2.75) is 0 Å². The maximum atomic E-state index is 8.93. The Morgan fingerprint density at radius 1 is 0.400 bits per heavy atom. The van der Waals surface area contributed by atoms with E-state index in [1.807, 2.05) is 0 Å². The first-order valence-electron chi connectivity index (χ1n) is 3.20. The third kappa shape index (κ3) is 36.0. The molecule has 0 saturated heterocycles. The smallest absolute Gasteiger partial charge is 0.543 e. The van der Waals surface area contributed by atoms with Gasteiger partial charge in [0.1, 0.15) is 0 Å². The van der Waals surface area contributed by atoms with E-state index in [2.05, 4.69) is 0 Å². The average molecular weight is 543 g/mol. The molecule has 0 aromatic carbocycles. The molecule has 0 aromatic heterocycles. The number of hydrogen-bond donors (Lipinski definition) is 0. The molecule has 0 aliphatic rings. The van der Waals surface area contributed by atoms with Gasteiger partial charge in [0.15, 0.2) is 0 Å². The molecule has 0 N–H and O–H groups in total. The zero-order valence-corrected chi connectivity index (χ0v) is 15.7. The Morgan fingerprint density at radius 3 is 0.450 bits per heavy atom. The minimum atomic E-state index is -2.19. The standard InChI is InChI=1S/3C2H2O4.Ce.La/c3*3-1(4)2(5)6;;/h3*(H,3,4)(H,5,6);;/q;;;2*+3/p-6. The summed E-state index contributed by atoms with van der Waals surface area (Å²) in [6, 6.07) is 0. The second-order valence-corrected chi connectivity index (χ2v) is 1.72. The molecule has 1 radical (unpaired) electrons. The van der Waals surface area contributed by atoms with Gasteiger partial charge in [0.05, 0.1) is 35.8 Å². The van der Waals surface area contributed by atoms with Crippen LogP contribution in [0.1, 0.15) is 0 Å². The summed E-state index contributed by atoms with van der Waals surface area (Å²) in [6.45, 7) is 0. The Hall–Kier alpha value is -0.609. The van der Waals surface area contributed by atoms with Crippen molar-refractivity contribution in [2.75, 3.05) is 0 Å². The van der Waals surface area contributed by atoms with Gasteiger partial charge in [-0.3, -0.25) is 0 Å². The van der Waals surface area contributed by atoms with Crippen molar-refractivity contribution in [3.05, 3.63) is 0 Å². The third-order valence-corrected chi connectivity index (χ3v) is 0.500. The van der Waals surface area contributed by atoms with Gasteiger partial charge in [0, 0.05) is 0 Å². The molecule has 0 aromatic rings. The molecule has 0 aliphatic carbocycles. The van der Waals surface area contributed by atoms with Crippen molar-refractivity contribution >= 4 is 35.8 Å². The van der Waals surface area contributed by atoms with Gasteiger partial charge in [-0.25, -0.2) is 0 Å². The molecular weight excluding hydrogens is 543 g/mol. The summed E-state index contributed by atoms with van der Waals surface area (Å²) in [4.78, 5) is 53.6. The van der Waals surface area contributed by atoms with Gasteiger partial charge in [-0.15, -0.1) is 0 Å². The van der Waals surface area contributed by atoms with E-state index in [4.69, 9.17) is 59.4 Å². The van der Waals surface area contributed by atoms with Gasteiger partial charge in [-0.2, -0.15) is 0 Å². The molecule has 0 saturated carbocycles. The zero-order valence-electron chi connectivity index (χ0n) is 8.98. The van der Waals surface area contributed by atoms with Gasteiger partial charge < -0.3 is 59.4 Å². The number of carbonyl (C=O) groups excluding carboxylic acids is 6. The number of rotatable bonds is 0. The number of carboxylic acids is 6. The maximum Gasteiger partial charge on any atom is 3.00 e. The van der Waals surface area contributed by atoms with Crippen LogP contribution in [0.5, 0.6) is 0 Å². The van der Waals surface area contributed by atoms with Crippen molar-refractivity contribution < 1.29 is 137 Å². The van der Waals surface area contributed by atoms with Crippen LogP contribution in [-0.2, 0) is 28.8 Å². The SMILES string of the molecule is O=C([O-])C(=O)[O-].O=C([O-])C(=O)[O-].O=C([O-])C(=O)[O-].[Ce+3].[La+3]. The second-order valence-electron chi connectivity index (χ2n) is 1.72. The van der Waals surface area contributed by atoms with Crippen LogP contribution in [0.2, 0.25) is 0 Å². The Labute approximate surface area is 170 Å². The minimum absolute atomic E-state index is 0. The fraction of sp³-hybridized carbons (Fsp3) is 0. The zero-order chi connectivity index (χ0) is 15.5. The fourth-order valence-corrected chi connectivity index (χ4v) is 0. The van der Waals surface area contributed by atoms with Gasteiger partial charge in [0.25, 0.3) is 0 Å². The number of carboxylic acid groups (broad SMARTS) is 6. The predicted octanol–water partition coefficient (Wildman–Crippen LogP) is -10.5. The Balaban J connectivity index is -0.0000000536. The van der Waals surface area contributed by atoms with Gasteiger partial charge in [-0.1, -0.05) is 0 Å². The Kier molecular flexibility index (Phi) is 29.1. The number of hydrogen-bond acceptors (Lipinski definition) is 12. The predicted molar refractivity (Wildman–Crippen MR) is 30.0 cm³/mol. The monoisotopic (exact) mass is 543 g/mol. The topological polar surface area (TPSA) is 241 Å². The van der Waals surface area contributed by atoms with Crippen LogP contribution in [0.4, 0.5) is 0 Å². The summed E-state index contributed by atoms with van der Waals surface area (Å²) in [5, 5.41) is 53.6. The quantitative estimate of drug-likeness (QED) is 0.259. The van der Waals surface area contributed by atoms with Crippen molar-refractivity contribution in [3.8, 4) is 0 Å². The molecule has 0 spiro atoms. The molecule has 0 aliphatic heterocycles.